The first-order valence-corrected chi connectivity index (χ1v) is 7.36. The Labute approximate surface area is 132 Å². The summed E-state index contributed by atoms with van der Waals surface area (Å²) in [6.07, 6.45) is 2.24. The number of rotatable bonds is 7. The summed E-state index contributed by atoms with van der Waals surface area (Å²) in [6.45, 7) is 1.17. The molecule has 120 valence electrons. The first-order chi connectivity index (χ1) is 10.5. The minimum absolute atomic E-state index is 0.0591. The Morgan fingerprint density at radius 3 is 2.77 bits per heavy atom. The molecule has 1 aliphatic carbocycles. The van der Waals surface area contributed by atoms with Crippen LogP contribution in [-0.4, -0.2) is 31.1 Å². The van der Waals surface area contributed by atoms with Crippen molar-refractivity contribution in [1.29, 1.82) is 0 Å². The molecule has 5 nitrogen and oxygen atoms in total. The van der Waals surface area contributed by atoms with E-state index in [2.05, 4.69) is 5.32 Å². The Balaban J connectivity index is 1.67. The molecular weight excluding hydrogens is 313 g/mol. The SMILES string of the molecule is C[C@H](NC(=O)COC(=O)COc1ccc(F)cc1Cl)C1CC1. The van der Waals surface area contributed by atoms with Crippen LogP contribution in [0.1, 0.15) is 19.8 Å². The summed E-state index contributed by atoms with van der Waals surface area (Å²) in [5.74, 6) is -0.834. The van der Waals surface area contributed by atoms with Gasteiger partial charge >= 0.3 is 5.97 Å². The van der Waals surface area contributed by atoms with Crippen molar-refractivity contribution in [2.45, 2.75) is 25.8 Å². The Morgan fingerprint density at radius 2 is 2.14 bits per heavy atom. The minimum Gasteiger partial charge on any atom is -0.480 e. The lowest BCUT2D eigenvalue weighted by Crippen LogP contribution is -2.37. The maximum absolute atomic E-state index is 12.8. The quantitative estimate of drug-likeness (QED) is 0.780. The molecule has 0 saturated heterocycles. The average molecular weight is 330 g/mol. The molecule has 0 spiro atoms. The summed E-state index contributed by atoms with van der Waals surface area (Å²) >= 11 is 5.75. The van der Waals surface area contributed by atoms with Gasteiger partial charge in [0, 0.05) is 6.04 Å². The van der Waals surface area contributed by atoms with Gasteiger partial charge in [0.15, 0.2) is 13.2 Å². The van der Waals surface area contributed by atoms with E-state index in [9.17, 15) is 14.0 Å². The van der Waals surface area contributed by atoms with Crippen molar-refractivity contribution in [2.75, 3.05) is 13.2 Å². The molecule has 1 aromatic carbocycles. The number of hydrogen-bond donors (Lipinski definition) is 1. The van der Waals surface area contributed by atoms with Crippen LogP contribution in [0, 0.1) is 11.7 Å². The lowest BCUT2D eigenvalue weighted by molar-refractivity contribution is -0.150. The maximum atomic E-state index is 12.8. The first-order valence-electron chi connectivity index (χ1n) is 6.98. The number of amides is 1. The van der Waals surface area contributed by atoms with E-state index in [1.165, 1.54) is 12.1 Å². The lowest BCUT2D eigenvalue weighted by Gasteiger charge is -2.13. The van der Waals surface area contributed by atoms with E-state index < -0.39 is 18.4 Å². The van der Waals surface area contributed by atoms with E-state index in [1.54, 1.807) is 0 Å². The summed E-state index contributed by atoms with van der Waals surface area (Å²) in [6, 6.07) is 3.66. The van der Waals surface area contributed by atoms with Crippen molar-refractivity contribution in [3.8, 4) is 5.75 Å². The van der Waals surface area contributed by atoms with Crippen molar-refractivity contribution in [3.05, 3.63) is 29.0 Å². The molecule has 0 aliphatic heterocycles. The third kappa shape index (κ3) is 5.18. The number of ether oxygens (including phenoxy) is 2. The van der Waals surface area contributed by atoms with Crippen LogP contribution in [0.25, 0.3) is 0 Å². The van der Waals surface area contributed by atoms with Crippen molar-refractivity contribution >= 4 is 23.5 Å². The lowest BCUT2D eigenvalue weighted by atomic mass is 10.2. The van der Waals surface area contributed by atoms with E-state index in [0.29, 0.717) is 5.92 Å². The summed E-state index contributed by atoms with van der Waals surface area (Å²) in [4.78, 5) is 23.1. The molecule has 22 heavy (non-hydrogen) atoms. The number of halogens is 2. The fourth-order valence-electron chi connectivity index (χ4n) is 1.93. The second-order valence-electron chi connectivity index (χ2n) is 5.22. The highest BCUT2D eigenvalue weighted by molar-refractivity contribution is 6.32. The topological polar surface area (TPSA) is 64.6 Å². The standard InChI is InChI=1S/C15H17ClFNO4/c1-9(10-2-3-10)18-14(19)7-22-15(20)8-21-13-5-4-11(17)6-12(13)16/h4-6,9-10H,2-3,7-8H2,1H3,(H,18,19)/t9-/m0/s1. The molecule has 1 N–H and O–H groups in total. The molecule has 1 saturated carbocycles. The van der Waals surface area contributed by atoms with Crippen molar-refractivity contribution in [2.24, 2.45) is 5.92 Å². The molecule has 0 aromatic heterocycles. The van der Waals surface area contributed by atoms with Crippen LogP contribution in [0.3, 0.4) is 0 Å². The fraction of sp³-hybridized carbons (Fsp3) is 0.467. The zero-order valence-electron chi connectivity index (χ0n) is 12.1. The zero-order valence-corrected chi connectivity index (χ0v) is 12.9. The number of benzene rings is 1. The predicted octanol–water partition coefficient (Wildman–Crippen LogP) is 2.32. The highest BCUT2D eigenvalue weighted by Gasteiger charge is 2.28. The van der Waals surface area contributed by atoms with Gasteiger partial charge in [-0.2, -0.15) is 0 Å². The third-order valence-electron chi connectivity index (χ3n) is 3.32. The molecule has 0 heterocycles. The normalized spacial score (nSPS) is 15.0. The molecular formula is C15H17ClFNO4. The molecule has 2 rings (SSSR count). The van der Waals surface area contributed by atoms with E-state index in [0.717, 1.165) is 18.9 Å². The largest absolute Gasteiger partial charge is 0.480 e. The number of esters is 1. The van der Waals surface area contributed by atoms with Gasteiger partial charge < -0.3 is 14.8 Å². The Kier molecular flexibility index (Phi) is 5.60. The van der Waals surface area contributed by atoms with Gasteiger partial charge in [-0.1, -0.05) is 11.6 Å². The Bertz CT molecular complexity index is 562. The van der Waals surface area contributed by atoms with Crippen LogP contribution < -0.4 is 10.1 Å². The van der Waals surface area contributed by atoms with Gasteiger partial charge in [0.1, 0.15) is 11.6 Å². The molecule has 1 aliphatic rings. The average Bonchev–Trinajstić information content (AvgIpc) is 3.28. The van der Waals surface area contributed by atoms with Crippen LogP contribution in [0.15, 0.2) is 18.2 Å². The molecule has 7 heteroatoms. The fourth-order valence-corrected chi connectivity index (χ4v) is 2.15. The van der Waals surface area contributed by atoms with Gasteiger partial charge in [-0.05, 0) is 43.9 Å². The molecule has 1 aromatic rings. The van der Waals surface area contributed by atoms with E-state index in [-0.39, 0.29) is 29.3 Å². The monoisotopic (exact) mass is 329 g/mol. The molecule has 0 bridgehead atoms. The Hall–Kier alpha value is -1.82. The highest BCUT2D eigenvalue weighted by atomic mass is 35.5. The molecule has 0 radical (unpaired) electrons. The van der Waals surface area contributed by atoms with Crippen LogP contribution in [-0.2, 0) is 14.3 Å². The van der Waals surface area contributed by atoms with Crippen LogP contribution >= 0.6 is 11.6 Å². The summed E-state index contributed by atoms with van der Waals surface area (Å²) in [5.41, 5.74) is 0. The van der Waals surface area contributed by atoms with Gasteiger partial charge in [0.25, 0.3) is 5.91 Å². The predicted molar refractivity (Wildman–Crippen MR) is 78.2 cm³/mol. The second kappa shape index (κ2) is 7.45. The number of nitrogens with one attached hydrogen (secondary N) is 1. The van der Waals surface area contributed by atoms with E-state index in [4.69, 9.17) is 21.1 Å². The van der Waals surface area contributed by atoms with Gasteiger partial charge in [-0.15, -0.1) is 0 Å². The third-order valence-corrected chi connectivity index (χ3v) is 3.62. The van der Waals surface area contributed by atoms with E-state index in [1.807, 2.05) is 6.92 Å². The number of carbonyl (C=O) groups is 2. The number of hydrogen-bond acceptors (Lipinski definition) is 4. The zero-order chi connectivity index (χ0) is 16.1. The van der Waals surface area contributed by atoms with Crippen LogP contribution in [0.2, 0.25) is 5.02 Å². The van der Waals surface area contributed by atoms with E-state index >= 15 is 0 Å². The highest BCUT2D eigenvalue weighted by Crippen LogP contribution is 2.32. The van der Waals surface area contributed by atoms with Crippen molar-refractivity contribution < 1.29 is 23.5 Å². The molecule has 1 atom stereocenters. The number of carbonyl (C=O) groups excluding carboxylic acids is 2. The first kappa shape index (κ1) is 16.5. The van der Waals surface area contributed by atoms with Crippen LogP contribution in [0.4, 0.5) is 4.39 Å². The molecule has 1 fully saturated rings. The van der Waals surface area contributed by atoms with Gasteiger partial charge in [-0.3, -0.25) is 4.79 Å². The molecule has 1 amide bonds. The summed E-state index contributed by atoms with van der Waals surface area (Å²) < 4.78 is 22.8. The maximum Gasteiger partial charge on any atom is 0.344 e. The van der Waals surface area contributed by atoms with Gasteiger partial charge in [-0.25, -0.2) is 9.18 Å². The van der Waals surface area contributed by atoms with Gasteiger partial charge in [0.2, 0.25) is 0 Å². The van der Waals surface area contributed by atoms with Crippen LogP contribution in [0.5, 0.6) is 5.75 Å². The Morgan fingerprint density at radius 1 is 1.41 bits per heavy atom. The summed E-state index contributed by atoms with van der Waals surface area (Å²) in [5, 5.41) is 2.83. The molecule has 0 unspecified atom stereocenters. The smallest absolute Gasteiger partial charge is 0.344 e. The second-order valence-corrected chi connectivity index (χ2v) is 5.62. The minimum atomic E-state index is -0.699. The van der Waals surface area contributed by atoms with Crippen molar-refractivity contribution in [3.63, 3.8) is 0 Å². The van der Waals surface area contributed by atoms with Crippen molar-refractivity contribution in [1.82, 2.24) is 5.32 Å². The summed E-state index contributed by atoms with van der Waals surface area (Å²) in [7, 11) is 0. The van der Waals surface area contributed by atoms with Gasteiger partial charge in [0.05, 0.1) is 5.02 Å².